The molecule has 0 unspecified atom stereocenters. The molecule has 0 aliphatic rings. The third kappa shape index (κ3) is 6.67. The Balaban J connectivity index is 2.90. The Morgan fingerprint density at radius 3 is 2.52 bits per heavy atom. The summed E-state index contributed by atoms with van der Waals surface area (Å²) in [6.07, 6.45) is 1.19. The molecule has 0 aliphatic heterocycles. The van der Waals surface area contributed by atoms with Gasteiger partial charge in [0.25, 0.3) is 0 Å². The normalized spacial score (nSPS) is 11.4. The van der Waals surface area contributed by atoms with Crippen molar-refractivity contribution in [1.29, 1.82) is 0 Å². The number of rotatable bonds is 9. The summed E-state index contributed by atoms with van der Waals surface area (Å²) in [5.41, 5.74) is 1.07. The third-order valence-electron chi connectivity index (χ3n) is 2.65. The fraction of sp³-hybridized carbons (Fsp3) is 0.571. The highest BCUT2D eigenvalue weighted by atomic mass is 79.9. The van der Waals surface area contributed by atoms with Crippen molar-refractivity contribution in [3.05, 3.63) is 22.2 Å². The van der Waals surface area contributed by atoms with Crippen LogP contribution in [-0.2, 0) is 16.4 Å². The van der Waals surface area contributed by atoms with E-state index in [4.69, 9.17) is 9.47 Å². The summed E-state index contributed by atoms with van der Waals surface area (Å²) in [6.45, 7) is 6.17. The van der Waals surface area contributed by atoms with Crippen molar-refractivity contribution in [3.8, 4) is 11.5 Å². The number of halogens is 1. The molecule has 0 spiro atoms. The van der Waals surface area contributed by atoms with Crippen LogP contribution in [0.2, 0.25) is 0 Å². The highest BCUT2D eigenvalue weighted by Gasteiger charge is 2.13. The lowest BCUT2D eigenvalue weighted by molar-refractivity contribution is 0.286. The van der Waals surface area contributed by atoms with Crippen molar-refractivity contribution in [2.75, 3.05) is 31.8 Å². The molecule has 0 amide bonds. The van der Waals surface area contributed by atoms with Gasteiger partial charge in [-0.05, 0) is 47.1 Å². The largest absolute Gasteiger partial charge is 0.490 e. The van der Waals surface area contributed by atoms with E-state index >= 15 is 0 Å². The van der Waals surface area contributed by atoms with Gasteiger partial charge in [-0.1, -0.05) is 6.92 Å². The summed E-state index contributed by atoms with van der Waals surface area (Å²) in [7, 11) is -3.04. The molecule has 0 heterocycles. The van der Waals surface area contributed by atoms with Gasteiger partial charge in [0, 0.05) is 12.8 Å². The first-order valence-electron chi connectivity index (χ1n) is 6.83. The van der Waals surface area contributed by atoms with Crippen LogP contribution >= 0.6 is 15.9 Å². The number of ether oxygens (including phenoxy) is 2. The van der Waals surface area contributed by atoms with Gasteiger partial charge in [0.1, 0.15) is 6.61 Å². The molecular formula is C14H22BrNO4S. The standard InChI is InChI=1S/C14H22BrNO4S/c1-4-16-10-11-8-12(15)14(13(9-11)19-5-2)20-6-7-21(3,17)18/h8-9,16H,4-7,10H2,1-3H3. The molecule has 0 atom stereocenters. The van der Waals surface area contributed by atoms with E-state index in [1.807, 2.05) is 26.0 Å². The molecule has 0 aromatic heterocycles. The molecule has 0 radical (unpaired) electrons. The van der Waals surface area contributed by atoms with Crippen LogP contribution in [0.5, 0.6) is 11.5 Å². The molecular weight excluding hydrogens is 358 g/mol. The maximum atomic E-state index is 11.2. The molecule has 7 heteroatoms. The van der Waals surface area contributed by atoms with Crippen LogP contribution in [0.15, 0.2) is 16.6 Å². The summed E-state index contributed by atoms with van der Waals surface area (Å²) < 4.78 is 34.2. The molecule has 5 nitrogen and oxygen atoms in total. The van der Waals surface area contributed by atoms with Gasteiger partial charge in [0.2, 0.25) is 0 Å². The molecule has 0 aliphatic carbocycles. The van der Waals surface area contributed by atoms with Crippen LogP contribution < -0.4 is 14.8 Å². The van der Waals surface area contributed by atoms with Crippen LogP contribution in [0.25, 0.3) is 0 Å². The van der Waals surface area contributed by atoms with E-state index in [1.165, 1.54) is 6.26 Å². The molecule has 1 N–H and O–H groups in total. The maximum Gasteiger partial charge on any atom is 0.175 e. The smallest absolute Gasteiger partial charge is 0.175 e. The van der Waals surface area contributed by atoms with Crippen molar-refractivity contribution in [1.82, 2.24) is 5.32 Å². The van der Waals surface area contributed by atoms with Gasteiger partial charge in [-0.15, -0.1) is 0 Å². The van der Waals surface area contributed by atoms with E-state index in [2.05, 4.69) is 21.2 Å². The van der Waals surface area contributed by atoms with Gasteiger partial charge in [-0.3, -0.25) is 0 Å². The zero-order valence-corrected chi connectivity index (χ0v) is 15.0. The SMILES string of the molecule is CCNCc1cc(Br)c(OCCS(C)(=O)=O)c(OCC)c1. The van der Waals surface area contributed by atoms with Gasteiger partial charge >= 0.3 is 0 Å². The molecule has 1 rings (SSSR count). The fourth-order valence-electron chi connectivity index (χ4n) is 1.69. The second-order valence-electron chi connectivity index (χ2n) is 4.60. The minimum atomic E-state index is -3.04. The zero-order valence-electron chi connectivity index (χ0n) is 12.6. The summed E-state index contributed by atoms with van der Waals surface area (Å²) >= 11 is 3.46. The number of hydrogen-bond acceptors (Lipinski definition) is 5. The molecule has 1 aromatic rings. The highest BCUT2D eigenvalue weighted by molar-refractivity contribution is 9.10. The second-order valence-corrected chi connectivity index (χ2v) is 7.71. The Hall–Kier alpha value is -0.790. The average Bonchev–Trinajstić information content (AvgIpc) is 2.38. The van der Waals surface area contributed by atoms with Crippen LogP contribution in [0.4, 0.5) is 0 Å². The summed E-state index contributed by atoms with van der Waals surface area (Å²) in [4.78, 5) is 0. The Morgan fingerprint density at radius 1 is 1.24 bits per heavy atom. The first-order valence-corrected chi connectivity index (χ1v) is 9.69. The summed E-state index contributed by atoms with van der Waals surface area (Å²) in [5, 5.41) is 3.25. The number of benzene rings is 1. The quantitative estimate of drug-likeness (QED) is 0.713. The summed E-state index contributed by atoms with van der Waals surface area (Å²) in [6, 6.07) is 3.85. The number of nitrogens with one attached hydrogen (secondary N) is 1. The van der Waals surface area contributed by atoms with E-state index in [0.29, 0.717) is 18.1 Å². The monoisotopic (exact) mass is 379 g/mol. The third-order valence-corrected chi connectivity index (χ3v) is 4.15. The van der Waals surface area contributed by atoms with Crippen molar-refractivity contribution < 1.29 is 17.9 Å². The van der Waals surface area contributed by atoms with E-state index in [9.17, 15) is 8.42 Å². The minimum Gasteiger partial charge on any atom is -0.490 e. The van der Waals surface area contributed by atoms with Crippen molar-refractivity contribution >= 4 is 25.8 Å². The first-order chi connectivity index (χ1) is 9.87. The molecule has 0 fully saturated rings. The Kier molecular flexibility index (Phi) is 7.48. The summed E-state index contributed by atoms with van der Waals surface area (Å²) in [5.74, 6) is 1.14. The Morgan fingerprint density at radius 2 is 1.95 bits per heavy atom. The lowest BCUT2D eigenvalue weighted by atomic mass is 10.2. The number of hydrogen-bond donors (Lipinski definition) is 1. The molecule has 0 saturated heterocycles. The van der Waals surface area contributed by atoms with Crippen LogP contribution in [0, 0.1) is 0 Å². The van der Waals surface area contributed by atoms with Crippen LogP contribution in [0.3, 0.4) is 0 Å². The van der Waals surface area contributed by atoms with Crippen LogP contribution in [-0.4, -0.2) is 40.2 Å². The van der Waals surface area contributed by atoms with Gasteiger partial charge in [-0.2, -0.15) is 0 Å². The van der Waals surface area contributed by atoms with Gasteiger partial charge in [-0.25, -0.2) is 8.42 Å². The number of sulfone groups is 1. The maximum absolute atomic E-state index is 11.2. The van der Waals surface area contributed by atoms with Crippen LogP contribution in [0.1, 0.15) is 19.4 Å². The van der Waals surface area contributed by atoms with Gasteiger partial charge in [0.05, 0.1) is 16.8 Å². The average molecular weight is 380 g/mol. The molecule has 1 aromatic carbocycles. The van der Waals surface area contributed by atoms with E-state index < -0.39 is 9.84 Å². The molecule has 21 heavy (non-hydrogen) atoms. The first kappa shape index (κ1) is 18.3. The Bertz CT molecular complexity index is 560. The van der Waals surface area contributed by atoms with Gasteiger partial charge < -0.3 is 14.8 Å². The topological polar surface area (TPSA) is 64.6 Å². The highest BCUT2D eigenvalue weighted by Crippen LogP contribution is 2.37. The minimum absolute atomic E-state index is 0.0237. The second kappa shape index (κ2) is 8.60. The molecule has 0 saturated carbocycles. The lowest BCUT2D eigenvalue weighted by Crippen LogP contribution is -2.14. The predicted molar refractivity (Wildman–Crippen MR) is 87.9 cm³/mol. The zero-order chi connectivity index (χ0) is 15.9. The van der Waals surface area contributed by atoms with Crippen molar-refractivity contribution in [2.45, 2.75) is 20.4 Å². The Labute approximate surface area is 135 Å². The fourth-order valence-corrected chi connectivity index (χ4v) is 2.68. The van der Waals surface area contributed by atoms with E-state index in [1.54, 1.807) is 0 Å². The van der Waals surface area contributed by atoms with Gasteiger partial charge in [0.15, 0.2) is 21.3 Å². The van der Waals surface area contributed by atoms with Crippen molar-refractivity contribution in [3.63, 3.8) is 0 Å². The molecule has 0 bridgehead atoms. The lowest BCUT2D eigenvalue weighted by Gasteiger charge is -2.15. The molecule has 120 valence electrons. The van der Waals surface area contributed by atoms with Crippen molar-refractivity contribution in [2.24, 2.45) is 0 Å². The van der Waals surface area contributed by atoms with E-state index in [0.717, 1.165) is 23.1 Å². The van der Waals surface area contributed by atoms with E-state index in [-0.39, 0.29) is 12.4 Å². The predicted octanol–water partition coefficient (Wildman–Crippen LogP) is 2.38.